The number of carbonyl (C=O) groups is 2. The van der Waals surface area contributed by atoms with Gasteiger partial charge in [-0.2, -0.15) is 0 Å². The Morgan fingerprint density at radius 3 is 2.38 bits per heavy atom. The highest BCUT2D eigenvalue weighted by atomic mass is 35.5. The van der Waals surface area contributed by atoms with E-state index >= 15 is 8.78 Å². The first-order valence-electron chi connectivity index (χ1n) is 11.8. The Bertz CT molecular complexity index is 997. The summed E-state index contributed by atoms with van der Waals surface area (Å²) in [6.07, 6.45) is 0.851. The molecule has 1 aromatic carbocycles. The van der Waals surface area contributed by atoms with Gasteiger partial charge in [0, 0.05) is 11.5 Å². The third-order valence-corrected chi connectivity index (χ3v) is 8.61. The Kier molecular flexibility index (Phi) is 6.09. The summed E-state index contributed by atoms with van der Waals surface area (Å²) in [5.74, 6) is -3.44. The van der Waals surface area contributed by atoms with Gasteiger partial charge in [0.25, 0.3) is 0 Å². The lowest BCUT2D eigenvalue weighted by atomic mass is 9.74. The smallest absolute Gasteiger partial charge is 0.228 e. The highest BCUT2D eigenvalue weighted by molar-refractivity contribution is 6.30. The van der Waals surface area contributed by atoms with Crippen molar-refractivity contribution in [2.45, 2.75) is 68.8 Å². The van der Waals surface area contributed by atoms with Crippen LogP contribution in [0.1, 0.15) is 56.6 Å². The van der Waals surface area contributed by atoms with Crippen molar-refractivity contribution in [2.24, 2.45) is 17.3 Å². The molecule has 3 aliphatic carbocycles. The zero-order valence-electron chi connectivity index (χ0n) is 18.6. The predicted molar refractivity (Wildman–Crippen MR) is 117 cm³/mol. The van der Waals surface area contributed by atoms with Gasteiger partial charge in [0.2, 0.25) is 11.8 Å². The molecule has 0 unspecified atom stereocenters. The molecule has 0 spiro atoms. The number of hydrogen-bond acceptors (Lipinski definition) is 4. The maximum absolute atomic E-state index is 15.1. The quantitative estimate of drug-likeness (QED) is 0.523. The van der Waals surface area contributed by atoms with Gasteiger partial charge in [-0.15, -0.1) is 0 Å². The molecule has 1 saturated heterocycles. The Balaban J connectivity index is 1.37. The molecule has 3 saturated carbocycles. The van der Waals surface area contributed by atoms with Crippen molar-refractivity contribution in [2.75, 3.05) is 13.2 Å². The van der Waals surface area contributed by atoms with Crippen LogP contribution in [0.4, 0.5) is 13.2 Å². The van der Waals surface area contributed by atoms with E-state index < -0.39 is 52.7 Å². The normalized spacial score (nSPS) is 35.7. The third-order valence-electron chi connectivity index (χ3n) is 8.31. The average Bonchev–Trinajstić information content (AvgIpc) is 3.40. The molecule has 1 heterocycles. The number of benzene rings is 1. The molecule has 4 atom stereocenters. The van der Waals surface area contributed by atoms with Gasteiger partial charge in [0.1, 0.15) is 17.3 Å². The van der Waals surface area contributed by atoms with Crippen LogP contribution in [0.3, 0.4) is 0 Å². The molecule has 4 fully saturated rings. The van der Waals surface area contributed by atoms with Crippen LogP contribution in [0.5, 0.6) is 0 Å². The maximum Gasteiger partial charge on any atom is 0.228 e. The second-order valence-electron chi connectivity index (χ2n) is 10.5. The van der Waals surface area contributed by atoms with Crippen molar-refractivity contribution in [1.82, 2.24) is 10.6 Å². The SMILES string of the molecule is O=C(N[C@H]1C[C@H](C(=O)N[C@H](c2c(F)ccc(Cl)c2F)C23CCC(F)(CC2)C3)C[C@H]1O)C1COC1. The number of rotatable bonds is 6. The topological polar surface area (TPSA) is 87.7 Å². The summed E-state index contributed by atoms with van der Waals surface area (Å²) < 4.78 is 50.0. The fourth-order valence-corrected chi connectivity index (χ4v) is 6.41. The van der Waals surface area contributed by atoms with Crippen LogP contribution in [0, 0.1) is 28.9 Å². The van der Waals surface area contributed by atoms with E-state index in [1.54, 1.807) is 0 Å². The minimum absolute atomic E-state index is 0.102. The van der Waals surface area contributed by atoms with Crippen LogP contribution in [0.25, 0.3) is 0 Å². The molecule has 2 bridgehead atoms. The summed E-state index contributed by atoms with van der Waals surface area (Å²) in [7, 11) is 0. The Morgan fingerprint density at radius 2 is 1.79 bits per heavy atom. The van der Waals surface area contributed by atoms with Gasteiger partial charge >= 0.3 is 0 Å². The number of hydrogen-bond donors (Lipinski definition) is 3. The average molecular weight is 501 g/mol. The number of ether oxygens (including phenoxy) is 1. The molecule has 0 radical (unpaired) electrons. The lowest BCUT2D eigenvalue weighted by Crippen LogP contribution is -2.48. The van der Waals surface area contributed by atoms with Crippen LogP contribution in [-0.4, -0.2) is 47.9 Å². The van der Waals surface area contributed by atoms with E-state index in [9.17, 15) is 19.1 Å². The van der Waals surface area contributed by atoms with Crippen LogP contribution < -0.4 is 10.6 Å². The molecular weight excluding hydrogens is 473 g/mol. The number of nitrogens with one attached hydrogen (secondary N) is 2. The van der Waals surface area contributed by atoms with Crippen molar-refractivity contribution in [1.29, 1.82) is 0 Å². The number of amides is 2. The maximum atomic E-state index is 15.1. The van der Waals surface area contributed by atoms with Gasteiger partial charge < -0.3 is 20.5 Å². The van der Waals surface area contributed by atoms with Crippen molar-refractivity contribution >= 4 is 23.4 Å². The van der Waals surface area contributed by atoms with Crippen LogP contribution in [-0.2, 0) is 14.3 Å². The molecule has 1 aliphatic heterocycles. The number of halogens is 4. The first kappa shape index (κ1) is 23.9. The lowest BCUT2D eigenvalue weighted by Gasteiger charge is -2.37. The molecule has 186 valence electrons. The molecule has 1 aromatic rings. The van der Waals surface area contributed by atoms with Crippen molar-refractivity contribution in [3.05, 3.63) is 34.4 Å². The van der Waals surface area contributed by atoms with E-state index in [1.807, 2.05) is 0 Å². The minimum Gasteiger partial charge on any atom is -0.391 e. The van der Waals surface area contributed by atoms with Crippen LogP contribution in [0.15, 0.2) is 12.1 Å². The molecule has 6 nitrogen and oxygen atoms in total. The minimum atomic E-state index is -1.39. The van der Waals surface area contributed by atoms with Crippen molar-refractivity contribution in [3.63, 3.8) is 0 Å². The number of aliphatic hydroxyl groups is 1. The zero-order valence-corrected chi connectivity index (χ0v) is 19.3. The summed E-state index contributed by atoms with van der Waals surface area (Å²) >= 11 is 5.94. The van der Waals surface area contributed by atoms with Crippen LogP contribution >= 0.6 is 11.6 Å². The summed E-state index contributed by atoms with van der Waals surface area (Å²) in [6, 6.07) is 0.481. The summed E-state index contributed by atoms with van der Waals surface area (Å²) in [5.41, 5.74) is -2.55. The van der Waals surface area contributed by atoms with Gasteiger partial charge in [-0.3, -0.25) is 9.59 Å². The number of aliphatic hydroxyl groups excluding tert-OH is 1. The van der Waals surface area contributed by atoms with Gasteiger partial charge in [-0.25, -0.2) is 13.2 Å². The number of carbonyl (C=O) groups excluding carboxylic acids is 2. The zero-order chi connectivity index (χ0) is 24.3. The fourth-order valence-electron chi connectivity index (χ4n) is 6.24. The Morgan fingerprint density at radius 1 is 1.09 bits per heavy atom. The standard InChI is InChI=1S/C24H28ClF3N2O4/c25-14-1-2-15(26)18(19(14)27)20(23-3-5-24(28,11-23)6-4-23)30-21(32)12-7-16(17(31)8-12)29-22(33)13-9-34-10-13/h1-2,12-13,16-17,20,31H,3-11H2,(H,29,33)(H,30,32)/t12-,16-,17+,20+,23?,24?/m0/s1. The van der Waals surface area contributed by atoms with Crippen molar-refractivity contribution in [3.8, 4) is 0 Å². The van der Waals surface area contributed by atoms with Gasteiger partial charge in [-0.1, -0.05) is 11.6 Å². The Hall–Kier alpha value is -1.84. The fraction of sp³-hybridized carbons (Fsp3) is 0.667. The Labute approximate surface area is 200 Å². The van der Waals surface area contributed by atoms with Gasteiger partial charge in [0.05, 0.1) is 42.3 Å². The van der Waals surface area contributed by atoms with E-state index in [0.717, 1.165) is 12.1 Å². The van der Waals surface area contributed by atoms with Gasteiger partial charge in [-0.05, 0) is 62.5 Å². The molecule has 5 rings (SSSR count). The second-order valence-corrected chi connectivity index (χ2v) is 10.9. The largest absolute Gasteiger partial charge is 0.391 e. The summed E-state index contributed by atoms with van der Waals surface area (Å²) in [6.45, 7) is 0.657. The highest BCUT2D eigenvalue weighted by Crippen LogP contribution is 2.63. The number of alkyl halides is 1. The number of fused-ring (bicyclic) bond motifs is 2. The molecular formula is C24H28ClF3N2O4. The van der Waals surface area contributed by atoms with Gasteiger partial charge in [0.15, 0.2) is 0 Å². The molecule has 34 heavy (non-hydrogen) atoms. The second kappa shape index (κ2) is 8.68. The van der Waals surface area contributed by atoms with E-state index in [2.05, 4.69) is 10.6 Å². The lowest BCUT2D eigenvalue weighted by molar-refractivity contribution is -0.140. The van der Waals surface area contributed by atoms with E-state index in [-0.39, 0.29) is 54.5 Å². The summed E-state index contributed by atoms with van der Waals surface area (Å²) in [5, 5.41) is 15.8. The third kappa shape index (κ3) is 4.09. The van der Waals surface area contributed by atoms with E-state index in [4.69, 9.17) is 16.3 Å². The van der Waals surface area contributed by atoms with Crippen LogP contribution in [0.2, 0.25) is 5.02 Å². The molecule has 4 aliphatic rings. The first-order chi connectivity index (χ1) is 16.1. The highest BCUT2D eigenvalue weighted by Gasteiger charge is 2.59. The van der Waals surface area contributed by atoms with E-state index in [1.165, 1.54) is 0 Å². The molecule has 3 N–H and O–H groups in total. The first-order valence-corrected chi connectivity index (χ1v) is 12.2. The molecule has 2 amide bonds. The summed E-state index contributed by atoms with van der Waals surface area (Å²) in [4.78, 5) is 25.5. The predicted octanol–water partition coefficient (Wildman–Crippen LogP) is 3.35. The van der Waals surface area contributed by atoms with E-state index in [0.29, 0.717) is 26.1 Å². The van der Waals surface area contributed by atoms with Crippen molar-refractivity contribution < 1.29 is 32.6 Å². The molecule has 0 aromatic heterocycles. The monoisotopic (exact) mass is 500 g/mol. The molecule has 10 heteroatoms.